The number of fused-ring (bicyclic) bond motifs is 1. The highest BCUT2D eigenvalue weighted by atomic mass is 32.1. The smallest absolute Gasteiger partial charge is 0.353 e. The van der Waals surface area contributed by atoms with Gasteiger partial charge in [-0.15, -0.1) is 11.3 Å². The summed E-state index contributed by atoms with van der Waals surface area (Å²) in [5.74, 6) is 0.201. The van der Waals surface area contributed by atoms with Gasteiger partial charge >= 0.3 is 5.97 Å². The highest BCUT2D eigenvalue weighted by molar-refractivity contribution is 7.20. The van der Waals surface area contributed by atoms with Gasteiger partial charge in [0.2, 0.25) is 0 Å². The molecule has 0 bridgehead atoms. The lowest BCUT2D eigenvalue weighted by Crippen LogP contribution is -2.06. The maximum Gasteiger partial charge on any atom is 0.353 e. The van der Waals surface area contributed by atoms with Gasteiger partial charge in [0, 0.05) is 11.5 Å². The van der Waals surface area contributed by atoms with Crippen molar-refractivity contribution in [1.82, 2.24) is 9.78 Å². The molecule has 0 fully saturated rings. The molecule has 0 spiro atoms. The zero-order valence-electron chi connectivity index (χ0n) is 14.6. The first-order valence-electron chi connectivity index (χ1n) is 8.16. The zero-order chi connectivity index (χ0) is 19.0. The molecule has 0 saturated carbocycles. The Morgan fingerprint density at radius 2 is 1.89 bits per heavy atom. The first-order valence-corrected chi connectivity index (χ1v) is 8.98. The van der Waals surface area contributed by atoms with Crippen molar-refractivity contribution in [3.63, 3.8) is 0 Å². The van der Waals surface area contributed by atoms with E-state index < -0.39 is 5.97 Å². The van der Waals surface area contributed by atoms with Crippen molar-refractivity contribution in [3.8, 4) is 17.2 Å². The minimum absolute atomic E-state index is 0.344. The number of hydrogen-bond donors (Lipinski definition) is 0. The maximum absolute atomic E-state index is 13.6. The summed E-state index contributed by atoms with van der Waals surface area (Å²) in [5.41, 5.74) is 1.36. The average molecular weight is 382 g/mol. The largest absolute Gasteiger partial charge is 0.497 e. The van der Waals surface area contributed by atoms with Crippen LogP contribution in [0.5, 0.6) is 11.5 Å². The molecule has 0 aliphatic carbocycles. The average Bonchev–Trinajstić information content (AvgIpc) is 3.23. The molecular weight excluding hydrogens is 367 g/mol. The number of aryl methyl sites for hydroxylation is 1. The molecule has 0 amide bonds. The van der Waals surface area contributed by atoms with Crippen LogP contribution in [0.15, 0.2) is 54.6 Å². The summed E-state index contributed by atoms with van der Waals surface area (Å²) in [7, 11) is 1.55. The van der Waals surface area contributed by atoms with Crippen LogP contribution in [0.1, 0.15) is 15.4 Å². The molecule has 0 N–H and O–H groups in total. The third kappa shape index (κ3) is 3.29. The number of nitrogens with zero attached hydrogens (tertiary/aromatic N) is 2. The Morgan fingerprint density at radius 1 is 1.11 bits per heavy atom. The molecule has 0 aliphatic heterocycles. The molecule has 0 radical (unpaired) electrons. The summed E-state index contributed by atoms with van der Waals surface area (Å²) in [6.07, 6.45) is 0. The van der Waals surface area contributed by atoms with Gasteiger partial charge in [0.25, 0.3) is 0 Å². The number of carbonyl (C=O) groups is 1. The van der Waals surface area contributed by atoms with Gasteiger partial charge in [-0.05, 0) is 43.3 Å². The van der Waals surface area contributed by atoms with Crippen molar-refractivity contribution in [2.45, 2.75) is 6.92 Å². The molecule has 4 aromatic rings. The van der Waals surface area contributed by atoms with E-state index in [1.54, 1.807) is 54.3 Å². The van der Waals surface area contributed by atoms with Gasteiger partial charge < -0.3 is 9.47 Å². The topological polar surface area (TPSA) is 53.4 Å². The monoisotopic (exact) mass is 382 g/mol. The van der Waals surface area contributed by atoms with Crippen molar-refractivity contribution in [2.24, 2.45) is 0 Å². The third-order valence-electron chi connectivity index (χ3n) is 4.05. The van der Waals surface area contributed by atoms with Crippen LogP contribution >= 0.6 is 11.3 Å². The van der Waals surface area contributed by atoms with Gasteiger partial charge in [0.05, 0.1) is 18.5 Å². The van der Waals surface area contributed by atoms with Crippen LogP contribution in [0.25, 0.3) is 15.9 Å². The maximum atomic E-state index is 13.6. The Balaban J connectivity index is 1.69. The van der Waals surface area contributed by atoms with Crippen LogP contribution in [0.3, 0.4) is 0 Å². The highest BCUT2D eigenvalue weighted by Crippen LogP contribution is 2.31. The van der Waals surface area contributed by atoms with E-state index in [9.17, 15) is 9.18 Å². The Labute approximate surface area is 158 Å². The fourth-order valence-corrected chi connectivity index (χ4v) is 3.81. The van der Waals surface area contributed by atoms with Crippen LogP contribution in [-0.4, -0.2) is 22.9 Å². The molecule has 0 atom stereocenters. The van der Waals surface area contributed by atoms with Crippen LogP contribution in [0.4, 0.5) is 4.39 Å². The predicted molar refractivity (Wildman–Crippen MR) is 102 cm³/mol. The van der Waals surface area contributed by atoms with Crippen molar-refractivity contribution in [2.75, 3.05) is 7.11 Å². The van der Waals surface area contributed by atoms with E-state index in [1.807, 2.05) is 6.92 Å². The summed E-state index contributed by atoms with van der Waals surface area (Å²) < 4.78 is 25.8. The van der Waals surface area contributed by atoms with Gasteiger partial charge in [-0.1, -0.05) is 12.1 Å². The fourth-order valence-electron chi connectivity index (χ4n) is 2.75. The van der Waals surface area contributed by atoms with E-state index in [1.165, 1.54) is 23.5 Å². The lowest BCUT2D eigenvalue weighted by molar-refractivity contribution is 0.0739. The molecule has 7 heteroatoms. The second-order valence-corrected chi connectivity index (χ2v) is 6.91. The Hall–Kier alpha value is -3.19. The first-order chi connectivity index (χ1) is 13.0. The molecule has 27 heavy (non-hydrogen) atoms. The number of ether oxygens (including phenoxy) is 2. The van der Waals surface area contributed by atoms with E-state index in [-0.39, 0.29) is 5.82 Å². The number of esters is 1. The second-order valence-electron chi connectivity index (χ2n) is 5.88. The normalized spacial score (nSPS) is 10.9. The van der Waals surface area contributed by atoms with Crippen molar-refractivity contribution in [3.05, 3.63) is 71.0 Å². The predicted octanol–water partition coefficient (Wildman–Crippen LogP) is 4.76. The van der Waals surface area contributed by atoms with Crippen LogP contribution in [0.2, 0.25) is 0 Å². The third-order valence-corrected chi connectivity index (χ3v) is 5.14. The SMILES string of the molecule is COc1cccc(OC(=O)c2cc3c(C)nn(-c4cccc(F)c4)c3s2)c1. The number of hydrogen-bond acceptors (Lipinski definition) is 5. The lowest BCUT2D eigenvalue weighted by Gasteiger charge is -2.05. The van der Waals surface area contributed by atoms with Gasteiger partial charge in [-0.3, -0.25) is 0 Å². The van der Waals surface area contributed by atoms with E-state index in [4.69, 9.17) is 9.47 Å². The highest BCUT2D eigenvalue weighted by Gasteiger charge is 2.19. The Bertz CT molecular complexity index is 1150. The fraction of sp³-hybridized carbons (Fsp3) is 0.100. The summed E-state index contributed by atoms with van der Waals surface area (Å²) in [4.78, 5) is 13.8. The molecular formula is C20H15FN2O3S. The first kappa shape index (κ1) is 17.2. The number of benzene rings is 2. The minimum Gasteiger partial charge on any atom is -0.497 e. The van der Waals surface area contributed by atoms with Crippen molar-refractivity contribution in [1.29, 1.82) is 0 Å². The quantitative estimate of drug-likeness (QED) is 0.377. The van der Waals surface area contributed by atoms with E-state index in [0.717, 1.165) is 15.9 Å². The van der Waals surface area contributed by atoms with Crippen LogP contribution < -0.4 is 9.47 Å². The molecule has 0 unspecified atom stereocenters. The van der Waals surface area contributed by atoms with Crippen LogP contribution in [-0.2, 0) is 0 Å². The molecule has 2 aromatic carbocycles. The molecule has 4 rings (SSSR count). The van der Waals surface area contributed by atoms with E-state index in [0.29, 0.717) is 22.1 Å². The van der Waals surface area contributed by atoms with E-state index in [2.05, 4.69) is 5.10 Å². The standard InChI is InChI=1S/C20H15FN2O3S/c1-12-17-11-18(20(24)26-16-8-4-7-15(10-16)25-2)27-19(17)23(22-12)14-6-3-5-13(21)9-14/h3-11H,1-2H3. The van der Waals surface area contributed by atoms with Gasteiger partial charge in [-0.2, -0.15) is 5.10 Å². The number of thiophene rings is 1. The van der Waals surface area contributed by atoms with Gasteiger partial charge in [-0.25, -0.2) is 13.9 Å². The van der Waals surface area contributed by atoms with Crippen LogP contribution in [0, 0.1) is 12.7 Å². The van der Waals surface area contributed by atoms with Gasteiger partial charge in [0.1, 0.15) is 27.0 Å². The number of methoxy groups -OCH3 is 1. The summed E-state index contributed by atoms with van der Waals surface area (Å²) >= 11 is 1.25. The van der Waals surface area contributed by atoms with Crippen molar-refractivity contribution >= 4 is 27.5 Å². The zero-order valence-corrected chi connectivity index (χ0v) is 15.4. The lowest BCUT2D eigenvalue weighted by atomic mass is 10.3. The summed E-state index contributed by atoms with van der Waals surface area (Å²) in [6.45, 7) is 1.85. The van der Waals surface area contributed by atoms with Crippen molar-refractivity contribution < 1.29 is 18.7 Å². The number of rotatable bonds is 4. The number of aromatic nitrogens is 2. The number of carbonyl (C=O) groups excluding carboxylic acids is 1. The summed E-state index contributed by atoms with van der Waals surface area (Å²) in [5, 5.41) is 5.30. The summed E-state index contributed by atoms with van der Waals surface area (Å²) in [6, 6.07) is 14.8. The van der Waals surface area contributed by atoms with E-state index >= 15 is 0 Å². The molecule has 2 aromatic heterocycles. The molecule has 5 nitrogen and oxygen atoms in total. The Morgan fingerprint density at radius 3 is 2.67 bits per heavy atom. The molecule has 0 saturated heterocycles. The van der Waals surface area contributed by atoms with Gasteiger partial charge in [0.15, 0.2) is 0 Å². The minimum atomic E-state index is -0.463. The molecule has 2 heterocycles. The Kier molecular flexibility index (Phi) is 4.37. The molecule has 136 valence electrons. The molecule has 0 aliphatic rings. The second kappa shape index (κ2) is 6.85. The number of halogens is 1.